The van der Waals surface area contributed by atoms with E-state index in [1.54, 1.807) is 6.08 Å². The van der Waals surface area contributed by atoms with Gasteiger partial charge in [-0.1, -0.05) is 30.3 Å². The van der Waals surface area contributed by atoms with E-state index in [1.165, 1.54) is 12.4 Å². The summed E-state index contributed by atoms with van der Waals surface area (Å²) in [6.07, 6.45) is 4.29. The average molecular weight is 246 g/mol. The maximum Gasteiger partial charge on any atom is 0.331 e. The second-order valence-electron chi connectivity index (χ2n) is 3.29. The van der Waals surface area contributed by atoms with Crippen LogP contribution in [0.2, 0.25) is 0 Å². The summed E-state index contributed by atoms with van der Waals surface area (Å²) in [5, 5.41) is 0.773. The van der Waals surface area contributed by atoms with E-state index in [0.29, 0.717) is 0 Å². The molecule has 1 rings (SSSR count). The summed E-state index contributed by atoms with van der Waals surface area (Å²) in [5.41, 5.74) is 7.72. The first-order chi connectivity index (χ1) is 8.63. The van der Waals surface area contributed by atoms with Crippen LogP contribution in [0.3, 0.4) is 0 Å². The smallest absolute Gasteiger partial charge is 0.331 e. The van der Waals surface area contributed by atoms with Crippen LogP contribution < -0.4 is 11.2 Å². The molecule has 1 radical (unpaired) electrons. The topological polar surface area (TPSA) is 92.5 Å². The zero-order valence-corrected chi connectivity index (χ0v) is 9.50. The summed E-state index contributed by atoms with van der Waals surface area (Å²) in [4.78, 5) is 32.5. The van der Waals surface area contributed by atoms with Crippen LogP contribution in [0.5, 0.6) is 0 Å². The maximum atomic E-state index is 11.6. The Balaban J connectivity index is 2.69. The second kappa shape index (κ2) is 6.85. The third-order valence-corrected chi connectivity index (χ3v) is 1.95. The normalized spacial score (nSPS) is 10.0. The number of urea groups is 1. The highest BCUT2D eigenvalue weighted by atomic mass is 16.2. The van der Waals surface area contributed by atoms with Gasteiger partial charge in [0, 0.05) is 6.08 Å². The fourth-order valence-electron chi connectivity index (χ4n) is 1.19. The van der Waals surface area contributed by atoms with Crippen LogP contribution in [0.15, 0.2) is 36.4 Å². The molecule has 0 aliphatic carbocycles. The van der Waals surface area contributed by atoms with Gasteiger partial charge >= 0.3 is 6.03 Å². The molecule has 0 saturated heterocycles. The zero-order chi connectivity index (χ0) is 13.4. The Labute approximate surface area is 104 Å². The summed E-state index contributed by atoms with van der Waals surface area (Å²) in [7, 11) is 0. The molecule has 0 aliphatic rings. The molecule has 0 spiro atoms. The first-order valence-electron chi connectivity index (χ1n) is 5.09. The van der Waals surface area contributed by atoms with E-state index in [2.05, 4.69) is 0 Å². The Morgan fingerprint density at radius 2 is 2.00 bits per heavy atom. The highest BCUT2D eigenvalue weighted by molar-refractivity contribution is 5.93. The third kappa shape index (κ3) is 4.48. The van der Waals surface area contributed by atoms with Gasteiger partial charge < -0.3 is 5.73 Å². The number of rotatable bonds is 4. The van der Waals surface area contributed by atoms with Crippen LogP contribution in [0, 0.1) is 0 Å². The van der Waals surface area contributed by atoms with Crippen LogP contribution in [0.25, 0.3) is 6.08 Å². The van der Waals surface area contributed by atoms with Crippen molar-refractivity contribution in [1.82, 2.24) is 10.4 Å². The van der Waals surface area contributed by atoms with Gasteiger partial charge in [-0.2, -0.15) is 0 Å². The summed E-state index contributed by atoms with van der Waals surface area (Å²) in [6, 6.07) is 8.18. The van der Waals surface area contributed by atoms with Crippen LogP contribution in [-0.2, 0) is 9.59 Å². The molecule has 93 valence electrons. The van der Waals surface area contributed by atoms with E-state index in [0.717, 1.165) is 10.6 Å². The van der Waals surface area contributed by atoms with E-state index < -0.39 is 11.9 Å². The molecule has 0 saturated carbocycles. The lowest BCUT2D eigenvalue weighted by Crippen LogP contribution is -2.48. The number of nitrogens with two attached hydrogens (primary N) is 1. The van der Waals surface area contributed by atoms with Crippen molar-refractivity contribution >= 4 is 24.3 Å². The van der Waals surface area contributed by atoms with E-state index in [-0.39, 0.29) is 6.54 Å². The Kier molecular flexibility index (Phi) is 5.11. The van der Waals surface area contributed by atoms with Crippen molar-refractivity contribution in [3.8, 4) is 0 Å². The van der Waals surface area contributed by atoms with Crippen molar-refractivity contribution in [3.63, 3.8) is 0 Å². The molecule has 3 amide bonds. The number of hydrogen-bond donors (Lipinski definition) is 2. The van der Waals surface area contributed by atoms with Gasteiger partial charge in [-0.05, 0) is 11.6 Å². The predicted octanol–water partition coefficient (Wildman–Crippen LogP) is 0.221. The molecule has 0 fully saturated rings. The van der Waals surface area contributed by atoms with Crippen molar-refractivity contribution in [1.29, 1.82) is 0 Å². The van der Waals surface area contributed by atoms with Crippen molar-refractivity contribution in [3.05, 3.63) is 42.0 Å². The molecule has 0 aliphatic heterocycles. The van der Waals surface area contributed by atoms with Crippen molar-refractivity contribution in [2.24, 2.45) is 5.73 Å². The quantitative estimate of drug-likeness (QED) is 0.588. The second-order valence-corrected chi connectivity index (χ2v) is 3.29. The van der Waals surface area contributed by atoms with Gasteiger partial charge in [0.25, 0.3) is 5.91 Å². The van der Waals surface area contributed by atoms with Crippen molar-refractivity contribution in [2.45, 2.75) is 0 Å². The standard InChI is InChI=1S/C12H12N3O3/c13-12(18)14-15(8-9-16)11(17)7-6-10-4-2-1-3-5-10/h1-7H,8H2,(H3,13,14,18)/b7-6+. The molecule has 0 bridgehead atoms. The summed E-state index contributed by atoms with van der Waals surface area (Å²) < 4.78 is 0. The zero-order valence-electron chi connectivity index (χ0n) is 9.50. The monoisotopic (exact) mass is 246 g/mol. The number of hydrazine groups is 1. The van der Waals surface area contributed by atoms with Gasteiger partial charge in [-0.25, -0.2) is 15.2 Å². The van der Waals surface area contributed by atoms with Gasteiger partial charge in [0.2, 0.25) is 6.29 Å². The number of nitrogens with zero attached hydrogens (tertiary/aromatic N) is 1. The molecular weight excluding hydrogens is 234 g/mol. The van der Waals surface area contributed by atoms with Crippen LogP contribution in [-0.4, -0.2) is 29.8 Å². The minimum atomic E-state index is -0.924. The third-order valence-electron chi connectivity index (χ3n) is 1.95. The molecule has 6 heteroatoms. The number of hydrogen-bond acceptors (Lipinski definition) is 3. The fourth-order valence-corrected chi connectivity index (χ4v) is 1.19. The fraction of sp³-hybridized carbons (Fsp3) is 0.0833. The minimum absolute atomic E-state index is 0.388. The Morgan fingerprint density at radius 1 is 1.33 bits per heavy atom. The molecule has 0 heterocycles. The Morgan fingerprint density at radius 3 is 2.56 bits per heavy atom. The first-order valence-corrected chi connectivity index (χ1v) is 5.09. The van der Waals surface area contributed by atoms with Gasteiger partial charge in [0.05, 0.1) is 0 Å². The van der Waals surface area contributed by atoms with E-state index in [9.17, 15) is 14.4 Å². The van der Waals surface area contributed by atoms with Crippen LogP contribution in [0.1, 0.15) is 5.56 Å². The first kappa shape index (κ1) is 13.4. The SMILES string of the molecule is NC(=O)NN(C[C]=O)C(=O)/C=C/c1ccccc1. The lowest BCUT2D eigenvalue weighted by Gasteiger charge is -2.17. The van der Waals surface area contributed by atoms with Crippen LogP contribution >= 0.6 is 0 Å². The number of amides is 3. The summed E-state index contributed by atoms with van der Waals surface area (Å²) >= 11 is 0. The highest BCUT2D eigenvalue weighted by Crippen LogP contribution is 2.01. The maximum absolute atomic E-state index is 11.6. The highest BCUT2D eigenvalue weighted by Gasteiger charge is 2.11. The Hall–Kier alpha value is -2.63. The molecule has 1 aromatic carbocycles. The van der Waals surface area contributed by atoms with E-state index in [1.807, 2.05) is 35.8 Å². The van der Waals surface area contributed by atoms with Gasteiger partial charge in [-0.15, -0.1) is 0 Å². The van der Waals surface area contributed by atoms with Gasteiger partial charge in [-0.3, -0.25) is 9.59 Å². The molecule has 0 aromatic heterocycles. The molecular formula is C12H12N3O3. The van der Waals surface area contributed by atoms with Gasteiger partial charge in [0.15, 0.2) is 0 Å². The number of nitrogens with one attached hydrogen (secondary N) is 1. The van der Waals surface area contributed by atoms with Crippen LogP contribution in [0.4, 0.5) is 4.79 Å². The molecule has 1 aromatic rings. The Bertz CT molecular complexity index is 457. The number of carbonyl (C=O) groups is 2. The van der Waals surface area contributed by atoms with Crippen molar-refractivity contribution in [2.75, 3.05) is 6.54 Å². The summed E-state index contributed by atoms with van der Waals surface area (Å²) in [6.45, 7) is -0.388. The lowest BCUT2D eigenvalue weighted by molar-refractivity contribution is -0.127. The van der Waals surface area contributed by atoms with E-state index in [4.69, 9.17) is 5.73 Å². The molecule has 0 atom stereocenters. The number of primary amides is 1. The summed E-state index contributed by atoms with van der Waals surface area (Å²) in [5.74, 6) is -0.569. The number of benzene rings is 1. The van der Waals surface area contributed by atoms with Crippen molar-refractivity contribution < 1.29 is 14.4 Å². The molecule has 18 heavy (non-hydrogen) atoms. The lowest BCUT2D eigenvalue weighted by atomic mass is 10.2. The van der Waals surface area contributed by atoms with Gasteiger partial charge in [0.1, 0.15) is 6.54 Å². The minimum Gasteiger partial charge on any atom is -0.350 e. The molecule has 3 N–H and O–H groups in total. The average Bonchev–Trinajstić information content (AvgIpc) is 2.36. The van der Waals surface area contributed by atoms with E-state index >= 15 is 0 Å². The molecule has 0 unspecified atom stereocenters. The molecule has 6 nitrogen and oxygen atoms in total. The number of carbonyl (C=O) groups excluding carboxylic acids is 3. The largest absolute Gasteiger partial charge is 0.350 e. The predicted molar refractivity (Wildman–Crippen MR) is 65.6 cm³/mol.